The van der Waals surface area contributed by atoms with Gasteiger partial charge < -0.3 is 10.5 Å². The first-order valence-corrected chi connectivity index (χ1v) is 12.1. The van der Waals surface area contributed by atoms with Crippen molar-refractivity contribution in [2.24, 2.45) is 5.10 Å². The van der Waals surface area contributed by atoms with E-state index in [1.807, 2.05) is 0 Å². The van der Waals surface area contributed by atoms with Gasteiger partial charge in [0.2, 0.25) is 11.6 Å². The Hall–Kier alpha value is -4.65. The molecule has 38 heavy (non-hydrogen) atoms. The molecule has 1 saturated heterocycles. The first-order valence-electron chi connectivity index (χ1n) is 12.1. The number of aromatic nitrogens is 5. The number of likely N-dealkylation sites (tertiary alicyclic amines) is 1. The highest BCUT2D eigenvalue weighted by Gasteiger charge is 2.26. The Labute approximate surface area is 217 Å². The second kappa shape index (κ2) is 11.6. The van der Waals surface area contributed by atoms with Crippen molar-refractivity contribution in [1.29, 1.82) is 0 Å². The third-order valence-corrected chi connectivity index (χ3v) is 6.11. The van der Waals surface area contributed by atoms with Gasteiger partial charge in [-0.05, 0) is 72.1 Å². The van der Waals surface area contributed by atoms with Crippen molar-refractivity contribution in [2.45, 2.75) is 32.4 Å². The topological polar surface area (TPSA) is 150 Å². The highest BCUT2D eigenvalue weighted by Crippen LogP contribution is 2.20. The molecule has 0 saturated carbocycles. The average molecular weight is 520 g/mol. The molecule has 1 amide bonds. The van der Waals surface area contributed by atoms with E-state index >= 15 is 0 Å². The van der Waals surface area contributed by atoms with Crippen molar-refractivity contribution >= 4 is 17.9 Å². The lowest BCUT2D eigenvalue weighted by Crippen LogP contribution is -2.31. The summed E-state index contributed by atoms with van der Waals surface area (Å²) >= 11 is 0. The molecule has 0 spiro atoms. The van der Waals surface area contributed by atoms with E-state index < -0.39 is 5.91 Å². The Morgan fingerprint density at radius 2 is 1.92 bits per heavy atom. The number of carbonyl (C=O) groups is 1. The van der Waals surface area contributed by atoms with Crippen LogP contribution in [-0.2, 0) is 13.2 Å². The van der Waals surface area contributed by atoms with Crippen molar-refractivity contribution in [1.82, 2.24) is 35.6 Å². The van der Waals surface area contributed by atoms with E-state index in [-0.39, 0.29) is 29.8 Å². The molecular formula is C25H26FN9O3. The SMILES string of the molecule is Nc1nonc1-n1nnc(C(=O)N/N=C/c2ccc(OCc3ccccc3F)cc2)c1CN1CCCCC1. The minimum Gasteiger partial charge on any atom is -0.489 e. The number of anilines is 1. The van der Waals surface area contributed by atoms with E-state index in [9.17, 15) is 9.18 Å². The maximum absolute atomic E-state index is 13.8. The van der Waals surface area contributed by atoms with Gasteiger partial charge in [0.1, 0.15) is 18.2 Å². The zero-order valence-corrected chi connectivity index (χ0v) is 20.5. The van der Waals surface area contributed by atoms with Crippen molar-refractivity contribution in [3.05, 3.63) is 76.9 Å². The summed E-state index contributed by atoms with van der Waals surface area (Å²) < 4.78 is 25.5. The number of hydrogen-bond donors (Lipinski definition) is 2. The van der Waals surface area contributed by atoms with Crippen molar-refractivity contribution < 1.29 is 18.6 Å². The molecule has 1 fully saturated rings. The summed E-state index contributed by atoms with van der Waals surface area (Å²) in [6, 6.07) is 13.5. The highest BCUT2D eigenvalue weighted by molar-refractivity contribution is 5.94. The van der Waals surface area contributed by atoms with E-state index in [4.69, 9.17) is 15.1 Å². The number of nitrogens with two attached hydrogens (primary N) is 1. The van der Waals surface area contributed by atoms with Gasteiger partial charge in [-0.2, -0.15) is 9.78 Å². The standard InChI is InChI=1S/C25H26FN9O3/c26-20-7-3-2-6-18(20)16-37-19-10-8-17(9-11-19)14-28-30-25(36)22-21(15-34-12-4-1-5-13-34)35(33-29-22)24-23(27)31-38-32-24/h2-3,6-11,14H,1,4-5,12-13,15-16H2,(H2,27,31)(H,30,36)/b28-14+. The summed E-state index contributed by atoms with van der Waals surface area (Å²) in [7, 11) is 0. The quantitative estimate of drug-likeness (QED) is 0.251. The molecule has 3 heterocycles. The fraction of sp³-hybridized carbons (Fsp3) is 0.280. The smallest absolute Gasteiger partial charge is 0.293 e. The molecule has 1 aliphatic rings. The third-order valence-electron chi connectivity index (χ3n) is 6.11. The maximum Gasteiger partial charge on any atom is 0.293 e. The monoisotopic (exact) mass is 519 g/mol. The lowest BCUT2D eigenvalue weighted by molar-refractivity contribution is 0.0947. The van der Waals surface area contributed by atoms with E-state index in [2.05, 4.69) is 36.1 Å². The largest absolute Gasteiger partial charge is 0.489 e. The Morgan fingerprint density at radius 1 is 1.13 bits per heavy atom. The molecular weight excluding hydrogens is 493 g/mol. The van der Waals surface area contributed by atoms with E-state index in [0.717, 1.165) is 31.5 Å². The first-order chi connectivity index (χ1) is 18.6. The predicted octanol–water partition coefficient (Wildman–Crippen LogP) is 2.70. The number of hydrogen-bond acceptors (Lipinski definition) is 10. The Morgan fingerprint density at radius 3 is 2.66 bits per heavy atom. The van der Waals surface area contributed by atoms with Gasteiger partial charge in [-0.25, -0.2) is 14.4 Å². The molecule has 2 aromatic carbocycles. The number of ether oxygens (including phenoxy) is 1. The second-order valence-electron chi connectivity index (χ2n) is 8.75. The average Bonchev–Trinajstić information content (AvgIpc) is 3.55. The molecule has 1 aliphatic heterocycles. The van der Waals surface area contributed by atoms with Crippen LogP contribution in [0.4, 0.5) is 10.2 Å². The molecule has 0 atom stereocenters. The van der Waals surface area contributed by atoms with Crippen molar-refractivity contribution in [3.63, 3.8) is 0 Å². The van der Waals surface area contributed by atoms with Crippen LogP contribution in [0.5, 0.6) is 5.75 Å². The minimum absolute atomic E-state index is 0.0427. The Kier molecular flexibility index (Phi) is 7.64. The van der Waals surface area contributed by atoms with Gasteiger partial charge in [0.15, 0.2) is 5.69 Å². The van der Waals surface area contributed by atoms with Crippen LogP contribution in [0.3, 0.4) is 0 Å². The number of nitrogens with one attached hydrogen (secondary N) is 1. The van der Waals surface area contributed by atoms with Crippen LogP contribution in [0.25, 0.3) is 5.82 Å². The summed E-state index contributed by atoms with van der Waals surface area (Å²) in [5.41, 5.74) is 10.2. The number of nitrogen functional groups attached to an aromatic ring is 1. The summed E-state index contributed by atoms with van der Waals surface area (Å²) in [5.74, 6) is -0.0489. The summed E-state index contributed by atoms with van der Waals surface area (Å²) in [5, 5.41) is 19.6. The van der Waals surface area contributed by atoms with Crippen LogP contribution >= 0.6 is 0 Å². The molecule has 13 heteroatoms. The molecule has 0 bridgehead atoms. The van der Waals surface area contributed by atoms with Crippen LogP contribution in [-0.4, -0.2) is 55.4 Å². The van der Waals surface area contributed by atoms with Gasteiger partial charge >= 0.3 is 0 Å². The van der Waals surface area contributed by atoms with Gasteiger partial charge in [0, 0.05) is 12.1 Å². The van der Waals surface area contributed by atoms with Gasteiger partial charge in [-0.1, -0.05) is 29.8 Å². The molecule has 12 nitrogen and oxygen atoms in total. The molecule has 2 aromatic heterocycles. The van der Waals surface area contributed by atoms with Crippen LogP contribution < -0.4 is 15.9 Å². The molecule has 0 radical (unpaired) electrons. The van der Waals surface area contributed by atoms with Gasteiger partial charge in [0.25, 0.3) is 5.91 Å². The molecule has 0 unspecified atom stereocenters. The lowest BCUT2D eigenvalue weighted by atomic mass is 10.1. The number of benzene rings is 2. The maximum atomic E-state index is 13.8. The van der Waals surface area contributed by atoms with Crippen molar-refractivity contribution in [3.8, 4) is 11.6 Å². The summed E-state index contributed by atoms with van der Waals surface area (Å²) in [4.78, 5) is 15.2. The van der Waals surface area contributed by atoms with Crippen molar-refractivity contribution in [2.75, 3.05) is 18.8 Å². The number of hydrazone groups is 1. The molecule has 4 aromatic rings. The Bertz CT molecular complexity index is 1410. The highest BCUT2D eigenvalue weighted by atomic mass is 19.1. The Balaban J connectivity index is 1.24. The zero-order valence-electron chi connectivity index (χ0n) is 20.5. The number of amides is 1. The molecule has 196 valence electrons. The number of carbonyl (C=O) groups excluding carboxylic acids is 1. The van der Waals surface area contributed by atoms with E-state index in [1.54, 1.807) is 42.5 Å². The van der Waals surface area contributed by atoms with Gasteiger partial charge in [-0.3, -0.25) is 9.69 Å². The molecule has 5 rings (SSSR count). The van der Waals surface area contributed by atoms with Gasteiger partial charge in [0.05, 0.1) is 11.9 Å². The van der Waals surface area contributed by atoms with Crippen LogP contribution in [0, 0.1) is 5.82 Å². The lowest BCUT2D eigenvalue weighted by Gasteiger charge is -2.26. The normalized spacial score (nSPS) is 14.1. The van der Waals surface area contributed by atoms with E-state index in [0.29, 0.717) is 23.6 Å². The second-order valence-corrected chi connectivity index (χ2v) is 8.75. The fourth-order valence-electron chi connectivity index (χ4n) is 4.10. The zero-order chi connectivity index (χ0) is 26.3. The number of halogens is 1. The number of nitrogens with zero attached hydrogens (tertiary/aromatic N) is 7. The first kappa shape index (κ1) is 25.0. The van der Waals surface area contributed by atoms with Gasteiger partial charge in [-0.15, -0.1) is 5.10 Å². The number of rotatable bonds is 9. The van der Waals surface area contributed by atoms with E-state index in [1.165, 1.54) is 23.4 Å². The fourth-order valence-corrected chi connectivity index (χ4v) is 4.10. The third kappa shape index (κ3) is 5.83. The predicted molar refractivity (Wildman–Crippen MR) is 135 cm³/mol. The molecule has 3 N–H and O–H groups in total. The van der Waals surface area contributed by atoms with Crippen LogP contribution in [0.2, 0.25) is 0 Å². The molecule has 0 aliphatic carbocycles. The van der Waals surface area contributed by atoms with Crippen LogP contribution in [0.1, 0.15) is 46.6 Å². The number of piperidine rings is 1. The summed E-state index contributed by atoms with van der Waals surface area (Å²) in [6.45, 7) is 2.35. The van der Waals surface area contributed by atoms with Crippen LogP contribution in [0.15, 0.2) is 58.3 Å². The minimum atomic E-state index is -0.528. The summed E-state index contributed by atoms with van der Waals surface area (Å²) in [6.07, 6.45) is 4.82.